The van der Waals surface area contributed by atoms with Crippen LogP contribution in [0, 0.1) is 0 Å². The van der Waals surface area contributed by atoms with Crippen LogP contribution in [0.25, 0.3) is 0 Å². The van der Waals surface area contributed by atoms with Crippen molar-refractivity contribution in [3.63, 3.8) is 0 Å². The number of carbonyl (C=O) groups excluding carboxylic acids is 1. The lowest BCUT2D eigenvalue weighted by molar-refractivity contribution is -0.116. The summed E-state index contributed by atoms with van der Waals surface area (Å²) in [6.07, 6.45) is 8.82. The lowest BCUT2D eigenvalue weighted by atomic mass is 10.1. The average Bonchev–Trinajstić information content (AvgIpc) is 2.46. The molecule has 0 aromatic carbocycles. The summed E-state index contributed by atoms with van der Waals surface area (Å²) in [5.74, 6) is -0.153. The number of unbranched alkanes of at least 4 members (excludes halogenated alkanes) is 5. The second kappa shape index (κ2) is 10.1. The van der Waals surface area contributed by atoms with Crippen molar-refractivity contribution >= 4 is 11.6 Å². The highest BCUT2D eigenvalue weighted by atomic mass is 16.2. The van der Waals surface area contributed by atoms with Crippen LogP contribution in [-0.4, -0.2) is 21.3 Å². The maximum atomic E-state index is 11.8. The van der Waals surface area contributed by atoms with Gasteiger partial charge in [-0.3, -0.25) is 9.59 Å². The number of amides is 1. The predicted molar refractivity (Wildman–Crippen MR) is 83.3 cm³/mol. The normalized spacial score (nSPS) is 10.6. The van der Waals surface area contributed by atoms with Crippen molar-refractivity contribution in [3.8, 4) is 0 Å². The first kappa shape index (κ1) is 17.3. The van der Waals surface area contributed by atoms with Gasteiger partial charge >= 0.3 is 0 Å². The van der Waals surface area contributed by atoms with Gasteiger partial charge in [-0.25, -0.2) is 5.10 Å². The third kappa shape index (κ3) is 6.51. The number of rotatable bonds is 10. The molecule has 6 nitrogen and oxygen atoms in total. The summed E-state index contributed by atoms with van der Waals surface area (Å²) in [4.78, 5) is 23.4. The summed E-state index contributed by atoms with van der Waals surface area (Å²) < 4.78 is 0. The minimum Gasteiger partial charge on any atom is -0.320 e. The van der Waals surface area contributed by atoms with Crippen molar-refractivity contribution in [2.75, 3.05) is 5.32 Å². The van der Waals surface area contributed by atoms with Gasteiger partial charge in [0, 0.05) is 6.42 Å². The molecule has 1 amide bonds. The number of aryl methyl sites for hydroxylation is 1. The van der Waals surface area contributed by atoms with Crippen LogP contribution in [0.1, 0.15) is 70.9 Å². The van der Waals surface area contributed by atoms with Crippen LogP contribution in [0.15, 0.2) is 4.79 Å². The molecule has 1 aromatic rings. The van der Waals surface area contributed by atoms with Gasteiger partial charge < -0.3 is 5.32 Å². The lowest BCUT2D eigenvalue weighted by Gasteiger charge is -2.07. The third-order valence-electron chi connectivity index (χ3n) is 3.35. The maximum Gasteiger partial charge on any atom is 0.291 e. The molecule has 0 aliphatic rings. The molecule has 0 unspecified atom stereocenters. The van der Waals surface area contributed by atoms with E-state index < -0.39 is 0 Å². The van der Waals surface area contributed by atoms with Gasteiger partial charge in [-0.2, -0.15) is 0 Å². The largest absolute Gasteiger partial charge is 0.320 e. The second-order valence-corrected chi connectivity index (χ2v) is 5.28. The Bertz CT molecular complexity index is 485. The van der Waals surface area contributed by atoms with Gasteiger partial charge in [0.05, 0.1) is 5.69 Å². The van der Waals surface area contributed by atoms with Gasteiger partial charge in [0.2, 0.25) is 5.91 Å². The van der Waals surface area contributed by atoms with Crippen LogP contribution in [0.3, 0.4) is 0 Å². The Balaban J connectivity index is 2.55. The minimum absolute atomic E-state index is 0.153. The van der Waals surface area contributed by atoms with Gasteiger partial charge in [0.15, 0.2) is 0 Å². The molecule has 0 saturated carbocycles. The fourth-order valence-electron chi connectivity index (χ4n) is 2.17. The van der Waals surface area contributed by atoms with Crippen LogP contribution in [-0.2, 0) is 11.2 Å². The van der Waals surface area contributed by atoms with Crippen LogP contribution in [0.4, 0.5) is 5.69 Å². The Morgan fingerprint density at radius 1 is 1.10 bits per heavy atom. The molecular weight excluding hydrogens is 268 g/mol. The summed E-state index contributed by atoms with van der Waals surface area (Å²) in [6.45, 7) is 4.11. The van der Waals surface area contributed by atoms with Crippen molar-refractivity contribution in [3.05, 3.63) is 16.0 Å². The first-order valence-electron chi connectivity index (χ1n) is 7.93. The quantitative estimate of drug-likeness (QED) is 0.649. The van der Waals surface area contributed by atoms with Gasteiger partial charge in [-0.15, -0.1) is 5.10 Å². The molecule has 0 aliphatic carbocycles. The van der Waals surface area contributed by atoms with Crippen molar-refractivity contribution in [2.24, 2.45) is 0 Å². The van der Waals surface area contributed by atoms with Crippen molar-refractivity contribution in [1.82, 2.24) is 15.4 Å². The Labute approximate surface area is 125 Å². The van der Waals surface area contributed by atoms with Gasteiger partial charge in [-0.05, 0) is 19.3 Å². The van der Waals surface area contributed by atoms with Gasteiger partial charge in [0.25, 0.3) is 5.56 Å². The Hall–Kier alpha value is -1.72. The standard InChI is InChI=1S/C15H26N4O2/c1-3-5-6-7-8-9-11-12-14(15(21)18-19-17-12)16-13(20)10-4-2/h3-11H2,1-2H3,(H,16,19,20)(H,17,18,21). The molecule has 0 radical (unpaired) electrons. The predicted octanol–water partition coefficient (Wildman–Crippen LogP) is 2.81. The Morgan fingerprint density at radius 3 is 2.52 bits per heavy atom. The van der Waals surface area contributed by atoms with Gasteiger partial charge in [-0.1, -0.05) is 51.2 Å². The molecule has 0 aliphatic heterocycles. The minimum atomic E-state index is -0.379. The molecule has 0 atom stereocenters. The molecule has 0 fully saturated rings. The van der Waals surface area contributed by atoms with E-state index in [1.807, 2.05) is 6.92 Å². The van der Waals surface area contributed by atoms with E-state index in [2.05, 4.69) is 27.7 Å². The number of hydrogen-bond acceptors (Lipinski definition) is 4. The summed E-state index contributed by atoms with van der Waals surface area (Å²) in [7, 11) is 0. The van der Waals surface area contributed by atoms with E-state index in [1.165, 1.54) is 25.7 Å². The highest BCUT2D eigenvalue weighted by molar-refractivity contribution is 5.90. The smallest absolute Gasteiger partial charge is 0.291 e. The van der Waals surface area contributed by atoms with Crippen molar-refractivity contribution < 1.29 is 4.79 Å². The monoisotopic (exact) mass is 294 g/mol. The molecule has 1 rings (SSSR count). The molecule has 21 heavy (non-hydrogen) atoms. The molecule has 1 heterocycles. The van der Waals surface area contributed by atoms with E-state index in [0.717, 1.165) is 19.3 Å². The second-order valence-electron chi connectivity index (χ2n) is 5.28. The highest BCUT2D eigenvalue weighted by Gasteiger charge is 2.12. The number of hydrogen-bond donors (Lipinski definition) is 2. The first-order valence-corrected chi connectivity index (χ1v) is 7.93. The number of carbonyl (C=O) groups is 1. The van der Waals surface area contributed by atoms with Crippen molar-refractivity contribution in [1.29, 1.82) is 0 Å². The molecule has 0 spiro atoms. The number of H-pyrrole nitrogens is 1. The van der Waals surface area contributed by atoms with E-state index in [9.17, 15) is 9.59 Å². The number of nitrogens with zero attached hydrogens (tertiary/aromatic N) is 2. The number of anilines is 1. The van der Waals surface area contributed by atoms with E-state index in [-0.39, 0.29) is 17.2 Å². The van der Waals surface area contributed by atoms with Crippen molar-refractivity contribution in [2.45, 2.75) is 71.6 Å². The van der Waals surface area contributed by atoms with E-state index >= 15 is 0 Å². The number of aromatic amines is 1. The fourth-order valence-corrected chi connectivity index (χ4v) is 2.17. The third-order valence-corrected chi connectivity index (χ3v) is 3.35. The van der Waals surface area contributed by atoms with Crippen LogP contribution in [0.2, 0.25) is 0 Å². The Kier molecular flexibility index (Phi) is 8.31. The number of aromatic nitrogens is 3. The zero-order valence-electron chi connectivity index (χ0n) is 13.1. The van der Waals surface area contributed by atoms with Crippen LogP contribution >= 0.6 is 0 Å². The van der Waals surface area contributed by atoms with E-state index in [1.54, 1.807) is 0 Å². The average molecular weight is 294 g/mol. The molecule has 0 bridgehead atoms. The lowest BCUT2D eigenvalue weighted by Crippen LogP contribution is -2.23. The summed E-state index contributed by atoms with van der Waals surface area (Å²) in [5, 5.41) is 12.5. The fraction of sp³-hybridized carbons (Fsp3) is 0.733. The molecule has 2 N–H and O–H groups in total. The topological polar surface area (TPSA) is 87.7 Å². The molecule has 118 valence electrons. The zero-order valence-corrected chi connectivity index (χ0v) is 13.1. The highest BCUT2D eigenvalue weighted by Crippen LogP contribution is 2.12. The summed E-state index contributed by atoms with van der Waals surface area (Å²) in [5.41, 5.74) is 0.464. The van der Waals surface area contributed by atoms with E-state index in [4.69, 9.17) is 0 Å². The first-order chi connectivity index (χ1) is 10.2. The van der Waals surface area contributed by atoms with E-state index in [0.29, 0.717) is 18.5 Å². The van der Waals surface area contributed by atoms with Crippen LogP contribution < -0.4 is 10.9 Å². The van der Waals surface area contributed by atoms with Crippen LogP contribution in [0.5, 0.6) is 0 Å². The van der Waals surface area contributed by atoms with Gasteiger partial charge in [0.1, 0.15) is 5.69 Å². The SMILES string of the molecule is CCCCCCCCc1nn[nH]c(=O)c1NC(=O)CCC. The molecule has 1 aromatic heterocycles. The summed E-state index contributed by atoms with van der Waals surface area (Å²) >= 11 is 0. The zero-order chi connectivity index (χ0) is 15.5. The Morgan fingerprint density at radius 2 is 1.81 bits per heavy atom. The molecule has 0 saturated heterocycles. The molecule has 6 heteroatoms. The molecular formula is C15H26N4O2. The summed E-state index contributed by atoms with van der Waals surface area (Å²) in [6, 6.07) is 0. The number of nitrogens with one attached hydrogen (secondary N) is 2. The maximum absolute atomic E-state index is 11.8.